The average molecular weight is 274 g/mol. The van der Waals surface area contributed by atoms with E-state index in [1.807, 2.05) is 0 Å². The monoisotopic (exact) mass is 273 g/mol. The number of methoxy groups -OCH3 is 1. The molecular formula is C10H12BrNO3. The van der Waals surface area contributed by atoms with Gasteiger partial charge in [0.15, 0.2) is 17.3 Å². The van der Waals surface area contributed by atoms with Crippen molar-refractivity contribution < 1.29 is 14.6 Å². The van der Waals surface area contributed by atoms with Crippen molar-refractivity contribution in [2.24, 2.45) is 5.73 Å². The summed E-state index contributed by atoms with van der Waals surface area (Å²) in [6.45, 7) is 0.305. The smallest absolute Gasteiger partial charge is 0.172 e. The van der Waals surface area contributed by atoms with Crippen LogP contribution in [0.2, 0.25) is 0 Å². The average Bonchev–Trinajstić information content (AvgIpc) is 2.22. The molecule has 82 valence electrons. The van der Waals surface area contributed by atoms with Crippen molar-refractivity contribution >= 4 is 21.7 Å². The second-order valence-corrected chi connectivity index (χ2v) is 3.83. The Morgan fingerprint density at radius 2 is 2.27 bits per heavy atom. The Bertz CT molecular complexity index is 379. The number of ether oxygens (including phenoxy) is 1. The molecule has 0 amide bonds. The lowest BCUT2D eigenvalue weighted by Gasteiger charge is -2.07. The third kappa shape index (κ3) is 2.70. The highest BCUT2D eigenvalue weighted by Gasteiger charge is 2.12. The minimum atomic E-state index is -0.0727. The van der Waals surface area contributed by atoms with Gasteiger partial charge in [-0.3, -0.25) is 4.79 Å². The number of rotatable bonds is 4. The molecule has 0 saturated heterocycles. The van der Waals surface area contributed by atoms with E-state index in [0.29, 0.717) is 16.6 Å². The Labute approximate surface area is 96.2 Å². The maximum absolute atomic E-state index is 11.5. The molecule has 1 aromatic carbocycles. The van der Waals surface area contributed by atoms with Gasteiger partial charge in [-0.2, -0.15) is 0 Å². The highest BCUT2D eigenvalue weighted by molar-refractivity contribution is 9.10. The summed E-state index contributed by atoms with van der Waals surface area (Å²) in [5.74, 6) is 0.183. The van der Waals surface area contributed by atoms with Gasteiger partial charge in [-0.25, -0.2) is 0 Å². The normalized spacial score (nSPS) is 10.1. The second kappa shape index (κ2) is 5.14. The maximum atomic E-state index is 11.5. The van der Waals surface area contributed by atoms with E-state index in [1.165, 1.54) is 13.2 Å². The van der Waals surface area contributed by atoms with Crippen LogP contribution in [0.15, 0.2) is 16.6 Å². The Morgan fingerprint density at radius 3 is 2.80 bits per heavy atom. The number of phenolic OH excluding ortho intramolecular Hbond substituents is 1. The standard InChI is InChI=1S/C10H12BrNO3/c1-15-9-5-6(8(13)2-3-12)4-7(11)10(9)14/h4-5,14H,2-3,12H2,1H3. The van der Waals surface area contributed by atoms with Gasteiger partial charge in [-0.1, -0.05) is 0 Å². The summed E-state index contributed by atoms with van der Waals surface area (Å²) in [5.41, 5.74) is 5.77. The first-order valence-electron chi connectivity index (χ1n) is 4.40. The van der Waals surface area contributed by atoms with Gasteiger partial charge in [0.2, 0.25) is 0 Å². The van der Waals surface area contributed by atoms with Gasteiger partial charge in [0.05, 0.1) is 11.6 Å². The molecule has 0 aromatic heterocycles. The molecule has 0 aliphatic carbocycles. The zero-order valence-corrected chi connectivity index (χ0v) is 9.87. The molecule has 1 rings (SSSR count). The van der Waals surface area contributed by atoms with Crippen LogP contribution in [0.25, 0.3) is 0 Å². The van der Waals surface area contributed by atoms with Gasteiger partial charge in [0, 0.05) is 12.0 Å². The summed E-state index contributed by atoms with van der Waals surface area (Å²) in [6, 6.07) is 3.05. The van der Waals surface area contributed by atoms with Crippen LogP contribution in [0, 0.1) is 0 Å². The van der Waals surface area contributed by atoms with E-state index < -0.39 is 0 Å². The summed E-state index contributed by atoms with van der Waals surface area (Å²) in [4.78, 5) is 11.5. The van der Waals surface area contributed by atoms with Gasteiger partial charge in [-0.05, 0) is 34.6 Å². The highest BCUT2D eigenvalue weighted by Crippen LogP contribution is 2.35. The van der Waals surface area contributed by atoms with Crippen LogP contribution in [0.5, 0.6) is 11.5 Å². The number of Topliss-reactive ketones (excluding diaryl/α,β-unsaturated/α-hetero) is 1. The van der Waals surface area contributed by atoms with Crippen molar-refractivity contribution in [1.29, 1.82) is 0 Å². The molecule has 0 saturated carbocycles. The van der Waals surface area contributed by atoms with Crippen LogP contribution in [0.1, 0.15) is 16.8 Å². The van der Waals surface area contributed by atoms with E-state index in [1.54, 1.807) is 6.07 Å². The van der Waals surface area contributed by atoms with Gasteiger partial charge >= 0.3 is 0 Å². The quantitative estimate of drug-likeness (QED) is 0.819. The Kier molecular flexibility index (Phi) is 4.11. The fourth-order valence-corrected chi connectivity index (χ4v) is 1.61. The van der Waals surface area contributed by atoms with Gasteiger partial charge in [0.25, 0.3) is 0 Å². The molecule has 0 unspecified atom stereocenters. The molecule has 0 heterocycles. The predicted molar refractivity (Wildman–Crippen MR) is 60.4 cm³/mol. The zero-order valence-electron chi connectivity index (χ0n) is 8.29. The lowest BCUT2D eigenvalue weighted by atomic mass is 10.1. The van der Waals surface area contributed by atoms with E-state index in [4.69, 9.17) is 10.5 Å². The summed E-state index contributed by atoms with van der Waals surface area (Å²) in [6.07, 6.45) is 0.278. The van der Waals surface area contributed by atoms with Crippen LogP contribution in [0.4, 0.5) is 0 Å². The maximum Gasteiger partial charge on any atom is 0.172 e. The van der Waals surface area contributed by atoms with E-state index in [-0.39, 0.29) is 23.7 Å². The van der Waals surface area contributed by atoms with Crippen LogP contribution in [0.3, 0.4) is 0 Å². The van der Waals surface area contributed by atoms with Crippen molar-refractivity contribution in [3.63, 3.8) is 0 Å². The molecular weight excluding hydrogens is 262 g/mol. The third-order valence-electron chi connectivity index (χ3n) is 1.94. The van der Waals surface area contributed by atoms with Crippen molar-refractivity contribution in [3.8, 4) is 11.5 Å². The summed E-state index contributed by atoms with van der Waals surface area (Å²) in [7, 11) is 1.43. The highest BCUT2D eigenvalue weighted by atomic mass is 79.9. The lowest BCUT2D eigenvalue weighted by Crippen LogP contribution is -2.08. The number of halogens is 1. The number of benzene rings is 1. The summed E-state index contributed by atoms with van der Waals surface area (Å²) in [5, 5.41) is 9.53. The minimum Gasteiger partial charge on any atom is -0.503 e. The summed E-state index contributed by atoms with van der Waals surface area (Å²) < 4.78 is 5.36. The largest absolute Gasteiger partial charge is 0.503 e. The van der Waals surface area contributed by atoms with E-state index in [0.717, 1.165) is 0 Å². The molecule has 0 bridgehead atoms. The zero-order chi connectivity index (χ0) is 11.4. The number of phenols is 1. The molecule has 0 radical (unpaired) electrons. The predicted octanol–water partition coefficient (Wildman–Crippen LogP) is 1.69. The third-order valence-corrected chi connectivity index (χ3v) is 2.55. The molecule has 0 aliphatic rings. The number of nitrogens with two attached hydrogens (primary N) is 1. The Morgan fingerprint density at radius 1 is 1.60 bits per heavy atom. The number of carbonyl (C=O) groups excluding carboxylic acids is 1. The van der Waals surface area contributed by atoms with Gasteiger partial charge in [0.1, 0.15) is 0 Å². The molecule has 0 spiro atoms. The minimum absolute atomic E-state index is 0.0122. The number of carbonyl (C=O) groups is 1. The number of hydrogen-bond acceptors (Lipinski definition) is 4. The SMILES string of the molecule is COc1cc(C(=O)CCN)cc(Br)c1O. The van der Waals surface area contributed by atoms with Crippen molar-refractivity contribution in [3.05, 3.63) is 22.2 Å². The molecule has 5 heteroatoms. The number of hydrogen-bond donors (Lipinski definition) is 2. The first-order valence-corrected chi connectivity index (χ1v) is 5.19. The number of aromatic hydroxyl groups is 1. The first kappa shape index (κ1) is 12.0. The topological polar surface area (TPSA) is 72.5 Å². The van der Waals surface area contributed by atoms with Crippen molar-refractivity contribution in [2.45, 2.75) is 6.42 Å². The molecule has 0 aliphatic heterocycles. The fourth-order valence-electron chi connectivity index (χ4n) is 1.17. The molecule has 3 N–H and O–H groups in total. The molecule has 4 nitrogen and oxygen atoms in total. The van der Waals surface area contributed by atoms with Crippen LogP contribution in [-0.4, -0.2) is 24.5 Å². The van der Waals surface area contributed by atoms with Crippen LogP contribution in [-0.2, 0) is 0 Å². The van der Waals surface area contributed by atoms with E-state index in [9.17, 15) is 9.90 Å². The van der Waals surface area contributed by atoms with Crippen molar-refractivity contribution in [1.82, 2.24) is 0 Å². The van der Waals surface area contributed by atoms with Gasteiger partial charge in [-0.15, -0.1) is 0 Å². The summed E-state index contributed by atoms with van der Waals surface area (Å²) >= 11 is 3.14. The molecule has 0 fully saturated rings. The van der Waals surface area contributed by atoms with Gasteiger partial charge < -0.3 is 15.6 Å². The number of ketones is 1. The second-order valence-electron chi connectivity index (χ2n) is 2.97. The van der Waals surface area contributed by atoms with Crippen molar-refractivity contribution in [2.75, 3.05) is 13.7 Å². The molecule has 1 aromatic rings. The Hall–Kier alpha value is -1.07. The lowest BCUT2D eigenvalue weighted by molar-refractivity contribution is 0.0985. The van der Waals surface area contributed by atoms with E-state index >= 15 is 0 Å². The molecule has 15 heavy (non-hydrogen) atoms. The molecule has 0 atom stereocenters. The fraction of sp³-hybridized carbons (Fsp3) is 0.300. The van der Waals surface area contributed by atoms with Crippen LogP contribution >= 0.6 is 15.9 Å². The van der Waals surface area contributed by atoms with Crippen LogP contribution < -0.4 is 10.5 Å². The first-order chi connectivity index (χ1) is 7.10. The Balaban J connectivity index is 3.10. The van der Waals surface area contributed by atoms with E-state index in [2.05, 4.69) is 15.9 Å².